The van der Waals surface area contributed by atoms with Crippen LogP contribution in [0.1, 0.15) is 23.6 Å². The molecule has 0 fully saturated rings. The predicted octanol–water partition coefficient (Wildman–Crippen LogP) is 4.36. The van der Waals surface area contributed by atoms with Crippen molar-refractivity contribution in [3.8, 4) is 0 Å². The third-order valence-electron chi connectivity index (χ3n) is 3.57. The highest BCUT2D eigenvalue weighted by Gasteiger charge is 2.04. The van der Waals surface area contributed by atoms with E-state index in [1.807, 2.05) is 43.3 Å². The van der Waals surface area contributed by atoms with Crippen LogP contribution in [0.15, 0.2) is 53.5 Å². The summed E-state index contributed by atoms with van der Waals surface area (Å²) in [5, 5.41) is 7.36. The van der Waals surface area contributed by atoms with Gasteiger partial charge in [-0.25, -0.2) is 4.99 Å². The molecule has 0 aromatic heterocycles. The standard InChI is InChI=1S/C19H24ClN3O.HI/c1-3-21-19(23-13-16-9-6-7-11-18(16)20)22-12-15-8-4-5-10-17(15)14-24-2;/h4-11H,3,12-14H2,1-2H3,(H2,21,22,23);1H. The second-order valence-electron chi connectivity index (χ2n) is 5.34. The molecule has 136 valence electrons. The molecule has 0 bridgehead atoms. The second-order valence-corrected chi connectivity index (χ2v) is 5.75. The van der Waals surface area contributed by atoms with E-state index in [0.717, 1.165) is 23.1 Å². The fraction of sp³-hybridized carbons (Fsp3) is 0.316. The SMILES string of the molecule is CCNC(=NCc1ccccc1Cl)NCc1ccccc1COC.I. The summed E-state index contributed by atoms with van der Waals surface area (Å²) in [5.74, 6) is 0.768. The van der Waals surface area contributed by atoms with Gasteiger partial charge in [0.25, 0.3) is 0 Å². The molecule has 0 saturated heterocycles. The van der Waals surface area contributed by atoms with E-state index in [1.54, 1.807) is 7.11 Å². The average Bonchev–Trinajstić information content (AvgIpc) is 2.60. The first-order valence-corrected chi connectivity index (χ1v) is 8.43. The number of hydrogen-bond acceptors (Lipinski definition) is 2. The summed E-state index contributed by atoms with van der Waals surface area (Å²) in [6, 6.07) is 16.0. The highest BCUT2D eigenvalue weighted by atomic mass is 127. The Kier molecular flexibility index (Phi) is 10.5. The molecule has 0 atom stereocenters. The van der Waals surface area contributed by atoms with Gasteiger partial charge in [0.1, 0.15) is 0 Å². The van der Waals surface area contributed by atoms with Crippen molar-refractivity contribution in [3.05, 3.63) is 70.2 Å². The number of benzene rings is 2. The fourth-order valence-corrected chi connectivity index (χ4v) is 2.53. The number of halogens is 2. The Morgan fingerprint density at radius 3 is 2.28 bits per heavy atom. The molecule has 2 aromatic rings. The third kappa shape index (κ3) is 7.22. The quantitative estimate of drug-likeness (QED) is 0.357. The molecule has 0 unspecified atom stereocenters. The van der Waals surface area contributed by atoms with E-state index in [4.69, 9.17) is 16.3 Å². The van der Waals surface area contributed by atoms with Gasteiger partial charge in [-0.15, -0.1) is 24.0 Å². The van der Waals surface area contributed by atoms with Crippen molar-refractivity contribution in [1.29, 1.82) is 0 Å². The lowest BCUT2D eigenvalue weighted by Crippen LogP contribution is -2.37. The molecular formula is C19H25ClIN3O. The molecule has 4 nitrogen and oxygen atoms in total. The summed E-state index contributed by atoms with van der Waals surface area (Å²) in [5.41, 5.74) is 3.38. The van der Waals surface area contributed by atoms with Gasteiger partial charge in [0, 0.05) is 25.2 Å². The van der Waals surface area contributed by atoms with E-state index in [1.165, 1.54) is 11.1 Å². The van der Waals surface area contributed by atoms with E-state index in [9.17, 15) is 0 Å². The molecule has 0 amide bonds. The first-order chi connectivity index (χ1) is 11.7. The molecule has 0 heterocycles. The summed E-state index contributed by atoms with van der Waals surface area (Å²) in [4.78, 5) is 4.61. The van der Waals surface area contributed by atoms with Crippen LogP contribution in [0.5, 0.6) is 0 Å². The molecule has 2 N–H and O–H groups in total. The minimum absolute atomic E-state index is 0. The van der Waals surface area contributed by atoms with Gasteiger partial charge in [-0.3, -0.25) is 0 Å². The van der Waals surface area contributed by atoms with Gasteiger partial charge in [-0.1, -0.05) is 54.1 Å². The number of methoxy groups -OCH3 is 1. The van der Waals surface area contributed by atoms with Crippen LogP contribution in [0.4, 0.5) is 0 Å². The van der Waals surface area contributed by atoms with Crippen molar-refractivity contribution < 1.29 is 4.74 Å². The van der Waals surface area contributed by atoms with Crippen molar-refractivity contribution in [2.75, 3.05) is 13.7 Å². The zero-order chi connectivity index (χ0) is 17.2. The highest BCUT2D eigenvalue weighted by Crippen LogP contribution is 2.15. The summed E-state index contributed by atoms with van der Waals surface area (Å²) >= 11 is 6.19. The van der Waals surface area contributed by atoms with E-state index in [2.05, 4.69) is 27.8 Å². The van der Waals surface area contributed by atoms with Crippen LogP contribution in [-0.2, 0) is 24.4 Å². The van der Waals surface area contributed by atoms with Crippen molar-refractivity contribution in [3.63, 3.8) is 0 Å². The Morgan fingerprint density at radius 1 is 1.00 bits per heavy atom. The highest BCUT2D eigenvalue weighted by molar-refractivity contribution is 14.0. The Hall–Kier alpha value is -1.31. The maximum atomic E-state index is 6.19. The number of ether oxygens (including phenoxy) is 1. The summed E-state index contributed by atoms with van der Waals surface area (Å²) in [7, 11) is 1.71. The van der Waals surface area contributed by atoms with Crippen molar-refractivity contribution >= 4 is 41.5 Å². The van der Waals surface area contributed by atoms with E-state index < -0.39 is 0 Å². The Bertz CT molecular complexity index is 679. The van der Waals surface area contributed by atoms with Crippen LogP contribution in [0.25, 0.3) is 0 Å². The number of nitrogens with zero attached hydrogens (tertiary/aromatic N) is 1. The first kappa shape index (κ1) is 21.7. The molecule has 2 aromatic carbocycles. The van der Waals surface area contributed by atoms with Crippen LogP contribution in [-0.4, -0.2) is 19.6 Å². The molecule has 25 heavy (non-hydrogen) atoms. The first-order valence-electron chi connectivity index (χ1n) is 8.06. The van der Waals surface area contributed by atoms with Gasteiger partial charge in [0.05, 0.1) is 13.2 Å². The number of rotatable bonds is 7. The number of guanidine groups is 1. The van der Waals surface area contributed by atoms with E-state index >= 15 is 0 Å². The maximum Gasteiger partial charge on any atom is 0.191 e. The summed E-state index contributed by atoms with van der Waals surface area (Å²) in [6.45, 7) is 4.67. The topological polar surface area (TPSA) is 45.7 Å². The van der Waals surface area contributed by atoms with Crippen molar-refractivity contribution in [2.45, 2.75) is 26.6 Å². The summed E-state index contributed by atoms with van der Waals surface area (Å²) < 4.78 is 5.25. The maximum absolute atomic E-state index is 6.19. The zero-order valence-electron chi connectivity index (χ0n) is 14.6. The molecular weight excluding hydrogens is 449 g/mol. The van der Waals surface area contributed by atoms with Gasteiger partial charge in [-0.2, -0.15) is 0 Å². The van der Waals surface area contributed by atoms with Crippen LogP contribution in [0, 0.1) is 0 Å². The van der Waals surface area contributed by atoms with Crippen LogP contribution in [0.2, 0.25) is 5.02 Å². The van der Waals surface area contributed by atoms with Crippen LogP contribution >= 0.6 is 35.6 Å². The molecule has 2 rings (SSSR count). The largest absolute Gasteiger partial charge is 0.380 e. The summed E-state index contributed by atoms with van der Waals surface area (Å²) in [6.07, 6.45) is 0. The zero-order valence-corrected chi connectivity index (χ0v) is 17.7. The molecule has 0 radical (unpaired) electrons. The fourth-order valence-electron chi connectivity index (χ4n) is 2.34. The van der Waals surface area contributed by atoms with Gasteiger partial charge >= 0.3 is 0 Å². The van der Waals surface area contributed by atoms with Crippen LogP contribution < -0.4 is 10.6 Å². The molecule has 6 heteroatoms. The number of aliphatic imine (C=N–C) groups is 1. The Morgan fingerprint density at radius 2 is 1.64 bits per heavy atom. The molecule has 0 spiro atoms. The number of nitrogens with one attached hydrogen (secondary N) is 2. The smallest absolute Gasteiger partial charge is 0.191 e. The molecule has 0 aliphatic heterocycles. The minimum Gasteiger partial charge on any atom is -0.380 e. The predicted molar refractivity (Wildman–Crippen MR) is 116 cm³/mol. The minimum atomic E-state index is 0. The van der Waals surface area contributed by atoms with Gasteiger partial charge in [-0.05, 0) is 29.7 Å². The normalized spacial score (nSPS) is 10.9. The van der Waals surface area contributed by atoms with Gasteiger partial charge < -0.3 is 15.4 Å². The van der Waals surface area contributed by atoms with E-state index in [0.29, 0.717) is 19.7 Å². The lowest BCUT2D eigenvalue weighted by molar-refractivity contribution is 0.184. The molecule has 0 saturated carbocycles. The van der Waals surface area contributed by atoms with Crippen molar-refractivity contribution in [2.24, 2.45) is 4.99 Å². The monoisotopic (exact) mass is 473 g/mol. The van der Waals surface area contributed by atoms with Crippen molar-refractivity contribution in [1.82, 2.24) is 10.6 Å². The number of hydrogen-bond donors (Lipinski definition) is 2. The second kappa shape index (κ2) is 12.1. The van der Waals surface area contributed by atoms with Crippen LogP contribution in [0.3, 0.4) is 0 Å². The van der Waals surface area contributed by atoms with Gasteiger partial charge in [0.15, 0.2) is 5.96 Å². The Labute approximate surface area is 172 Å². The third-order valence-corrected chi connectivity index (χ3v) is 3.94. The Balaban J connectivity index is 0.00000312. The van der Waals surface area contributed by atoms with E-state index in [-0.39, 0.29) is 24.0 Å². The lowest BCUT2D eigenvalue weighted by Gasteiger charge is -2.14. The molecule has 0 aliphatic rings. The average molecular weight is 474 g/mol. The molecule has 0 aliphatic carbocycles. The van der Waals surface area contributed by atoms with Gasteiger partial charge in [0.2, 0.25) is 0 Å². The lowest BCUT2D eigenvalue weighted by atomic mass is 10.1.